The van der Waals surface area contributed by atoms with Gasteiger partial charge >= 0.3 is 0 Å². The van der Waals surface area contributed by atoms with Gasteiger partial charge in [0.15, 0.2) is 0 Å². The van der Waals surface area contributed by atoms with Crippen molar-refractivity contribution < 1.29 is 4.79 Å². The summed E-state index contributed by atoms with van der Waals surface area (Å²) in [6.45, 7) is 7.90. The van der Waals surface area contributed by atoms with Gasteiger partial charge in [-0.1, -0.05) is 51.5 Å². The first-order valence-corrected chi connectivity index (χ1v) is 7.33. The second kappa shape index (κ2) is 12.4. The van der Waals surface area contributed by atoms with Crippen molar-refractivity contribution in [3.05, 3.63) is 24.3 Å². The highest BCUT2D eigenvalue weighted by molar-refractivity contribution is 5.75. The fraction of sp³-hybridized carbons (Fsp3) is 0.688. The molecule has 0 aliphatic carbocycles. The van der Waals surface area contributed by atoms with Crippen LogP contribution in [0.15, 0.2) is 24.3 Å². The van der Waals surface area contributed by atoms with Crippen LogP contribution >= 0.6 is 0 Å². The van der Waals surface area contributed by atoms with Crippen molar-refractivity contribution in [2.75, 3.05) is 13.1 Å². The van der Waals surface area contributed by atoms with E-state index in [4.69, 9.17) is 0 Å². The lowest BCUT2D eigenvalue weighted by Gasteiger charge is -2.20. The minimum absolute atomic E-state index is 0.263. The average molecular weight is 251 g/mol. The molecule has 0 saturated carbocycles. The topological polar surface area (TPSA) is 20.3 Å². The first kappa shape index (κ1) is 16.9. The monoisotopic (exact) mass is 251 g/mol. The van der Waals surface area contributed by atoms with E-state index < -0.39 is 0 Å². The fourth-order valence-corrected chi connectivity index (χ4v) is 1.69. The number of carbonyl (C=O) groups excluding carboxylic acids is 1. The maximum atomic E-state index is 11.7. The molecule has 0 fully saturated rings. The van der Waals surface area contributed by atoms with Crippen LogP contribution in [0.3, 0.4) is 0 Å². The molecule has 18 heavy (non-hydrogen) atoms. The number of hydrogen-bond acceptors (Lipinski definition) is 1. The van der Waals surface area contributed by atoms with Crippen molar-refractivity contribution in [3.63, 3.8) is 0 Å². The minimum Gasteiger partial charge on any atom is -0.339 e. The van der Waals surface area contributed by atoms with Crippen LogP contribution < -0.4 is 0 Å². The summed E-state index contributed by atoms with van der Waals surface area (Å²) in [6.07, 6.45) is 14.8. The van der Waals surface area contributed by atoms with Crippen LogP contribution in [0.4, 0.5) is 0 Å². The third-order valence-corrected chi connectivity index (χ3v) is 2.83. The Labute approximate surface area is 113 Å². The van der Waals surface area contributed by atoms with Gasteiger partial charge in [0.1, 0.15) is 0 Å². The van der Waals surface area contributed by atoms with Crippen LogP contribution in [0.2, 0.25) is 0 Å². The van der Waals surface area contributed by atoms with Gasteiger partial charge in [-0.3, -0.25) is 4.79 Å². The maximum absolute atomic E-state index is 11.7. The summed E-state index contributed by atoms with van der Waals surface area (Å²) < 4.78 is 0. The van der Waals surface area contributed by atoms with Crippen LogP contribution in [0.25, 0.3) is 0 Å². The van der Waals surface area contributed by atoms with Crippen molar-refractivity contribution in [2.24, 2.45) is 0 Å². The molecule has 0 aromatic carbocycles. The fourth-order valence-electron chi connectivity index (χ4n) is 1.69. The number of rotatable bonds is 10. The normalized spacial score (nSPS) is 11.5. The van der Waals surface area contributed by atoms with Gasteiger partial charge in [0.05, 0.1) is 0 Å². The summed E-state index contributed by atoms with van der Waals surface area (Å²) in [5.74, 6) is 0.263. The van der Waals surface area contributed by atoms with Gasteiger partial charge in [0.25, 0.3) is 0 Å². The van der Waals surface area contributed by atoms with Gasteiger partial charge in [0, 0.05) is 19.5 Å². The average Bonchev–Trinajstić information content (AvgIpc) is 2.40. The quantitative estimate of drug-likeness (QED) is 0.418. The highest BCUT2D eigenvalue weighted by atomic mass is 16.2. The Bertz CT molecular complexity index is 256. The van der Waals surface area contributed by atoms with Gasteiger partial charge in [0.2, 0.25) is 5.91 Å². The molecule has 0 aliphatic rings. The predicted molar refractivity (Wildman–Crippen MR) is 79.6 cm³/mol. The molecule has 0 radical (unpaired) electrons. The summed E-state index contributed by atoms with van der Waals surface area (Å²) in [4.78, 5) is 13.7. The molecule has 2 nitrogen and oxygen atoms in total. The zero-order chi connectivity index (χ0) is 13.6. The van der Waals surface area contributed by atoms with Crippen LogP contribution in [0, 0.1) is 0 Å². The molecule has 0 saturated heterocycles. The molecule has 0 rings (SSSR count). The Morgan fingerprint density at radius 2 is 1.67 bits per heavy atom. The van der Waals surface area contributed by atoms with Gasteiger partial charge < -0.3 is 4.90 Å². The molecule has 0 heterocycles. The summed E-state index contributed by atoms with van der Waals surface area (Å²) in [6, 6.07) is 0. The zero-order valence-corrected chi connectivity index (χ0v) is 12.3. The van der Waals surface area contributed by atoms with E-state index in [0.717, 1.165) is 45.2 Å². The molecular formula is C16H29NO. The van der Waals surface area contributed by atoms with Crippen LogP contribution in [-0.4, -0.2) is 23.9 Å². The van der Waals surface area contributed by atoms with Crippen LogP contribution in [0.5, 0.6) is 0 Å². The molecule has 0 unspecified atom stereocenters. The number of allylic oxidation sites excluding steroid dienone is 3. The minimum atomic E-state index is 0.263. The smallest absolute Gasteiger partial charge is 0.222 e. The van der Waals surface area contributed by atoms with E-state index in [9.17, 15) is 4.79 Å². The lowest BCUT2D eigenvalue weighted by Crippen LogP contribution is -2.31. The van der Waals surface area contributed by atoms with Gasteiger partial charge in [-0.2, -0.15) is 0 Å². The first-order valence-electron chi connectivity index (χ1n) is 7.33. The van der Waals surface area contributed by atoms with Crippen molar-refractivity contribution in [1.29, 1.82) is 0 Å². The van der Waals surface area contributed by atoms with Gasteiger partial charge in [-0.25, -0.2) is 0 Å². The SMILES string of the molecule is CCC=CCCC=CCN(CCCC)C(=O)CC. The Morgan fingerprint density at radius 3 is 2.22 bits per heavy atom. The van der Waals surface area contributed by atoms with Gasteiger partial charge in [-0.05, 0) is 25.7 Å². The van der Waals surface area contributed by atoms with Crippen molar-refractivity contribution in [3.8, 4) is 0 Å². The molecule has 0 N–H and O–H groups in total. The predicted octanol–water partition coefficient (Wildman–Crippen LogP) is 4.33. The standard InChI is InChI=1S/C16H29NO/c1-4-7-9-10-11-12-13-15-17(14-8-5-2)16(18)6-3/h7,9,12-13H,4-6,8,10-11,14-15H2,1-3H3. The van der Waals surface area contributed by atoms with E-state index in [1.54, 1.807) is 0 Å². The highest BCUT2D eigenvalue weighted by Gasteiger charge is 2.07. The van der Waals surface area contributed by atoms with Crippen molar-refractivity contribution in [2.45, 2.75) is 59.3 Å². The Morgan fingerprint density at radius 1 is 1.00 bits per heavy atom. The number of nitrogens with zero attached hydrogens (tertiary/aromatic N) is 1. The van der Waals surface area contributed by atoms with Crippen molar-refractivity contribution in [1.82, 2.24) is 4.90 Å². The second-order valence-electron chi connectivity index (χ2n) is 4.48. The molecule has 2 heteroatoms. The van der Waals surface area contributed by atoms with E-state index in [1.165, 1.54) is 0 Å². The molecule has 104 valence electrons. The summed E-state index contributed by atoms with van der Waals surface area (Å²) in [5.41, 5.74) is 0. The number of amides is 1. The zero-order valence-electron chi connectivity index (χ0n) is 12.3. The third kappa shape index (κ3) is 9.03. The van der Waals surface area contributed by atoms with Crippen molar-refractivity contribution >= 4 is 5.91 Å². The number of carbonyl (C=O) groups is 1. The molecule has 0 aromatic rings. The van der Waals surface area contributed by atoms with E-state index in [2.05, 4.69) is 38.2 Å². The van der Waals surface area contributed by atoms with Crippen LogP contribution in [0.1, 0.15) is 59.3 Å². The van der Waals surface area contributed by atoms with Crippen LogP contribution in [-0.2, 0) is 4.79 Å². The van der Waals surface area contributed by atoms with E-state index in [1.807, 2.05) is 11.8 Å². The Balaban J connectivity index is 3.90. The summed E-state index contributed by atoms with van der Waals surface area (Å²) >= 11 is 0. The number of hydrogen-bond donors (Lipinski definition) is 0. The summed E-state index contributed by atoms with van der Waals surface area (Å²) in [5, 5.41) is 0. The molecule has 0 aliphatic heterocycles. The Hall–Kier alpha value is -1.05. The number of unbranched alkanes of at least 4 members (excludes halogenated alkanes) is 2. The molecule has 1 amide bonds. The lowest BCUT2D eigenvalue weighted by atomic mass is 10.2. The lowest BCUT2D eigenvalue weighted by molar-refractivity contribution is -0.130. The second-order valence-corrected chi connectivity index (χ2v) is 4.48. The third-order valence-electron chi connectivity index (χ3n) is 2.83. The molecular weight excluding hydrogens is 222 g/mol. The van der Waals surface area contributed by atoms with E-state index in [-0.39, 0.29) is 5.91 Å². The summed E-state index contributed by atoms with van der Waals surface area (Å²) in [7, 11) is 0. The van der Waals surface area contributed by atoms with E-state index >= 15 is 0 Å². The van der Waals surface area contributed by atoms with Gasteiger partial charge in [-0.15, -0.1) is 0 Å². The first-order chi connectivity index (χ1) is 8.76. The largest absolute Gasteiger partial charge is 0.339 e. The Kier molecular flexibility index (Phi) is 11.7. The highest BCUT2D eigenvalue weighted by Crippen LogP contribution is 2.00. The molecule has 0 aromatic heterocycles. The molecule has 0 spiro atoms. The molecule has 0 atom stereocenters. The maximum Gasteiger partial charge on any atom is 0.222 e. The van der Waals surface area contributed by atoms with E-state index in [0.29, 0.717) is 6.42 Å². The molecule has 0 bridgehead atoms.